The molecular formula is C34H34FN3O3. The summed E-state index contributed by atoms with van der Waals surface area (Å²) in [6.45, 7) is 5.67. The Kier molecular flexibility index (Phi) is 6.76. The van der Waals surface area contributed by atoms with Gasteiger partial charge in [-0.3, -0.25) is 4.79 Å². The Hall–Kier alpha value is -4.26. The van der Waals surface area contributed by atoms with E-state index < -0.39 is 5.41 Å². The number of carbonyl (C=O) groups is 2. The van der Waals surface area contributed by atoms with Crippen LogP contribution in [0.5, 0.6) is 0 Å². The van der Waals surface area contributed by atoms with E-state index in [0.717, 1.165) is 64.3 Å². The van der Waals surface area contributed by atoms with E-state index in [4.69, 9.17) is 4.74 Å². The van der Waals surface area contributed by atoms with Crippen molar-refractivity contribution in [2.75, 3.05) is 7.11 Å². The summed E-state index contributed by atoms with van der Waals surface area (Å²) < 4.78 is 22.8. The van der Waals surface area contributed by atoms with Crippen LogP contribution in [0, 0.1) is 11.2 Å². The Morgan fingerprint density at radius 1 is 0.927 bits per heavy atom. The molecule has 0 N–H and O–H groups in total. The van der Waals surface area contributed by atoms with Crippen molar-refractivity contribution in [1.29, 1.82) is 0 Å². The highest BCUT2D eigenvalue weighted by atomic mass is 19.1. The number of aromatic nitrogens is 3. The summed E-state index contributed by atoms with van der Waals surface area (Å²) >= 11 is 0. The third-order valence-corrected chi connectivity index (χ3v) is 8.20. The number of hydrogen-bond acceptors (Lipinski definition) is 4. The second-order valence-corrected chi connectivity index (χ2v) is 12.0. The summed E-state index contributed by atoms with van der Waals surface area (Å²) in [5.41, 5.74) is 5.68. The first-order valence-corrected chi connectivity index (χ1v) is 14.2. The molecule has 0 unspecified atom stereocenters. The maximum atomic E-state index is 14.1. The predicted molar refractivity (Wildman–Crippen MR) is 159 cm³/mol. The summed E-state index contributed by atoms with van der Waals surface area (Å²) in [6.07, 6.45) is 7.36. The van der Waals surface area contributed by atoms with Gasteiger partial charge in [0.2, 0.25) is 0 Å². The highest BCUT2D eigenvalue weighted by Crippen LogP contribution is 2.46. The van der Waals surface area contributed by atoms with E-state index in [9.17, 15) is 14.0 Å². The number of fused-ring (bicyclic) bond motifs is 2. The number of ether oxygens (including phenoxy) is 1. The van der Waals surface area contributed by atoms with Crippen molar-refractivity contribution < 1.29 is 18.7 Å². The normalized spacial score (nSPS) is 14.6. The zero-order chi connectivity index (χ0) is 28.9. The minimum absolute atomic E-state index is 0.0821. The van der Waals surface area contributed by atoms with Gasteiger partial charge in [-0.05, 0) is 66.9 Å². The van der Waals surface area contributed by atoms with E-state index in [1.165, 1.54) is 36.0 Å². The minimum atomic E-state index is -0.603. The van der Waals surface area contributed by atoms with Gasteiger partial charge in [0.15, 0.2) is 0 Å². The first-order valence-electron chi connectivity index (χ1n) is 14.2. The number of halogens is 1. The maximum absolute atomic E-state index is 14.1. The number of benzene rings is 3. The first kappa shape index (κ1) is 26.9. The second-order valence-electron chi connectivity index (χ2n) is 12.0. The summed E-state index contributed by atoms with van der Waals surface area (Å²) in [5, 5.41) is 6.33. The predicted octanol–water partition coefficient (Wildman–Crippen LogP) is 8.31. The van der Waals surface area contributed by atoms with Crippen LogP contribution in [0.1, 0.15) is 79.6 Å². The molecule has 2 heterocycles. The molecule has 210 valence electrons. The van der Waals surface area contributed by atoms with E-state index in [0.29, 0.717) is 11.5 Å². The average Bonchev–Trinajstić information content (AvgIpc) is 3.54. The summed E-state index contributed by atoms with van der Waals surface area (Å²) in [7, 11) is 1.38. The van der Waals surface area contributed by atoms with Gasteiger partial charge >= 0.3 is 5.97 Å². The SMILES string of the molecule is COC(=O)c1ccc(-c2c(C3CCCCC3)n(-c3ccc(F)cc3)c3cc4cnn(C(=O)C(C)(C)C)c4cc23)cc1. The number of esters is 1. The van der Waals surface area contributed by atoms with Crippen molar-refractivity contribution in [2.24, 2.45) is 5.41 Å². The van der Waals surface area contributed by atoms with Crippen LogP contribution in [0.3, 0.4) is 0 Å². The van der Waals surface area contributed by atoms with E-state index >= 15 is 0 Å². The van der Waals surface area contributed by atoms with Crippen LogP contribution in [-0.2, 0) is 4.74 Å². The molecule has 0 saturated heterocycles. The third-order valence-electron chi connectivity index (χ3n) is 8.20. The zero-order valence-corrected chi connectivity index (χ0v) is 23.9. The lowest BCUT2D eigenvalue weighted by atomic mass is 9.83. The Balaban J connectivity index is 1.70. The highest BCUT2D eigenvalue weighted by molar-refractivity contribution is 6.07. The van der Waals surface area contributed by atoms with Gasteiger partial charge in [0, 0.05) is 39.1 Å². The molecule has 0 spiro atoms. The van der Waals surface area contributed by atoms with Gasteiger partial charge in [-0.2, -0.15) is 9.78 Å². The number of methoxy groups -OCH3 is 1. The molecule has 6 nitrogen and oxygen atoms in total. The van der Waals surface area contributed by atoms with Crippen molar-refractivity contribution in [3.05, 3.63) is 83.9 Å². The topological polar surface area (TPSA) is 66.1 Å². The quantitative estimate of drug-likeness (QED) is 0.211. The van der Waals surface area contributed by atoms with Gasteiger partial charge in [0.05, 0.1) is 29.9 Å². The van der Waals surface area contributed by atoms with E-state index in [-0.39, 0.29) is 17.7 Å². The molecule has 1 fully saturated rings. The molecule has 6 rings (SSSR count). The van der Waals surface area contributed by atoms with Crippen LogP contribution in [-0.4, -0.2) is 33.3 Å². The second kappa shape index (κ2) is 10.3. The minimum Gasteiger partial charge on any atom is -0.465 e. The fourth-order valence-electron chi connectivity index (χ4n) is 6.13. The molecule has 3 aromatic carbocycles. The van der Waals surface area contributed by atoms with Gasteiger partial charge in [-0.25, -0.2) is 9.18 Å². The maximum Gasteiger partial charge on any atom is 0.337 e. The molecule has 0 aliphatic heterocycles. The molecule has 1 aliphatic rings. The van der Waals surface area contributed by atoms with Crippen molar-refractivity contribution in [3.63, 3.8) is 0 Å². The largest absolute Gasteiger partial charge is 0.465 e. The fraction of sp³-hybridized carbons (Fsp3) is 0.324. The van der Waals surface area contributed by atoms with Gasteiger partial charge in [0.25, 0.3) is 5.91 Å². The molecule has 0 bridgehead atoms. The van der Waals surface area contributed by atoms with Gasteiger partial charge < -0.3 is 9.30 Å². The lowest BCUT2D eigenvalue weighted by Crippen LogP contribution is -2.27. The van der Waals surface area contributed by atoms with Crippen molar-refractivity contribution in [3.8, 4) is 16.8 Å². The van der Waals surface area contributed by atoms with Crippen molar-refractivity contribution in [2.45, 2.75) is 58.8 Å². The Labute approximate surface area is 238 Å². The number of rotatable bonds is 4. The van der Waals surface area contributed by atoms with Gasteiger partial charge in [-0.1, -0.05) is 52.2 Å². The van der Waals surface area contributed by atoms with Crippen LogP contribution in [0.15, 0.2) is 66.9 Å². The Morgan fingerprint density at radius 3 is 2.24 bits per heavy atom. The fourth-order valence-corrected chi connectivity index (χ4v) is 6.13. The van der Waals surface area contributed by atoms with E-state index in [1.807, 2.05) is 45.0 Å². The molecule has 7 heteroatoms. The molecule has 1 saturated carbocycles. The zero-order valence-electron chi connectivity index (χ0n) is 23.9. The van der Waals surface area contributed by atoms with Crippen LogP contribution in [0.2, 0.25) is 0 Å². The molecule has 0 radical (unpaired) electrons. The highest BCUT2D eigenvalue weighted by Gasteiger charge is 2.30. The average molecular weight is 552 g/mol. The van der Waals surface area contributed by atoms with E-state index in [2.05, 4.69) is 21.8 Å². The number of hydrogen-bond donors (Lipinski definition) is 0. The van der Waals surface area contributed by atoms with Gasteiger partial charge in [0.1, 0.15) is 5.82 Å². The molecule has 2 aromatic heterocycles. The monoisotopic (exact) mass is 551 g/mol. The molecule has 0 amide bonds. The summed E-state index contributed by atoms with van der Waals surface area (Å²) in [5.74, 6) is -0.454. The lowest BCUT2D eigenvalue weighted by molar-refractivity contribution is 0.0600. The standard InChI is InChI=1S/C34H34FN3O3/c1-34(2,3)33(40)38-28-19-27-29(18-24(28)20-36-38)37(26-16-14-25(35)15-17-26)31(22-8-6-5-7-9-22)30(27)21-10-12-23(13-11-21)32(39)41-4/h10-20,22H,5-9H2,1-4H3. The molecular weight excluding hydrogens is 517 g/mol. The smallest absolute Gasteiger partial charge is 0.337 e. The van der Waals surface area contributed by atoms with Gasteiger partial charge in [-0.15, -0.1) is 0 Å². The third kappa shape index (κ3) is 4.73. The van der Waals surface area contributed by atoms with E-state index in [1.54, 1.807) is 18.3 Å². The van der Waals surface area contributed by atoms with Crippen LogP contribution < -0.4 is 0 Å². The van der Waals surface area contributed by atoms with Crippen LogP contribution in [0.25, 0.3) is 38.6 Å². The summed E-state index contributed by atoms with van der Waals surface area (Å²) in [4.78, 5) is 25.6. The van der Waals surface area contributed by atoms with Crippen LogP contribution in [0.4, 0.5) is 4.39 Å². The molecule has 5 aromatic rings. The molecule has 41 heavy (non-hydrogen) atoms. The first-order chi connectivity index (χ1) is 19.7. The lowest BCUT2D eigenvalue weighted by Gasteiger charge is -2.25. The van der Waals surface area contributed by atoms with Crippen molar-refractivity contribution >= 4 is 33.7 Å². The summed E-state index contributed by atoms with van der Waals surface area (Å²) in [6, 6.07) is 18.3. The van der Waals surface area contributed by atoms with Crippen LogP contribution >= 0.6 is 0 Å². The Bertz CT molecular complexity index is 1770. The Morgan fingerprint density at radius 2 is 1.61 bits per heavy atom. The molecule has 1 aliphatic carbocycles. The number of carbonyl (C=O) groups excluding carboxylic acids is 2. The molecule has 0 atom stereocenters. The van der Waals surface area contributed by atoms with Crippen molar-refractivity contribution in [1.82, 2.24) is 14.3 Å². The number of nitrogens with zero attached hydrogens (tertiary/aromatic N) is 3.